The molecular formula is C84H49BrN4O4. The Bertz CT molecular complexity index is 6830. The van der Waals surface area contributed by atoms with Crippen LogP contribution >= 0.6 is 15.9 Å². The van der Waals surface area contributed by atoms with Gasteiger partial charge in [-0.05, 0) is 146 Å². The molecule has 0 atom stereocenters. The van der Waals surface area contributed by atoms with Crippen LogP contribution in [-0.2, 0) is 0 Å². The van der Waals surface area contributed by atoms with Gasteiger partial charge in [0.2, 0.25) is 0 Å². The number of para-hydroxylation sites is 8. The zero-order valence-corrected chi connectivity index (χ0v) is 51.2. The maximum atomic E-state index is 7.07. The lowest BCUT2D eigenvalue weighted by molar-refractivity contribution is 0.668. The van der Waals surface area contributed by atoms with Crippen molar-refractivity contribution < 1.29 is 17.7 Å². The van der Waals surface area contributed by atoms with Crippen molar-refractivity contribution in [3.8, 4) is 17.1 Å². The van der Waals surface area contributed by atoms with E-state index < -0.39 is 0 Å². The van der Waals surface area contributed by atoms with Gasteiger partial charge in [-0.25, -0.2) is 0 Å². The second kappa shape index (κ2) is 20.0. The molecule has 0 radical (unpaired) electrons. The third-order valence-corrected chi connectivity index (χ3v) is 19.5. The van der Waals surface area contributed by atoms with Crippen LogP contribution in [-0.4, -0.2) is 18.7 Å². The first kappa shape index (κ1) is 51.8. The molecule has 8 heterocycles. The van der Waals surface area contributed by atoms with E-state index in [4.69, 9.17) is 17.7 Å². The molecule has 0 spiro atoms. The summed E-state index contributed by atoms with van der Waals surface area (Å²) in [5, 5.41) is 18.5. The molecule has 22 rings (SSSR count). The van der Waals surface area contributed by atoms with Crippen LogP contribution in [0, 0.1) is 0 Å². The minimum absolute atomic E-state index is 0.893. The summed E-state index contributed by atoms with van der Waals surface area (Å²) >= 11 is 3.46. The van der Waals surface area contributed by atoms with Crippen molar-refractivity contribution in [2.75, 3.05) is 0 Å². The summed E-state index contributed by atoms with van der Waals surface area (Å²) in [4.78, 5) is 3.54. The summed E-state index contributed by atoms with van der Waals surface area (Å²) in [6.07, 6.45) is 0. The molecule has 0 aliphatic rings. The number of aromatic amines is 1. The normalized spacial score (nSPS) is 12.1. The minimum atomic E-state index is 0.893. The van der Waals surface area contributed by atoms with Gasteiger partial charge in [-0.2, -0.15) is 0 Å². The monoisotopic (exact) mass is 1260 g/mol. The van der Waals surface area contributed by atoms with Gasteiger partial charge in [0.1, 0.15) is 44.7 Å². The highest BCUT2D eigenvalue weighted by atomic mass is 79.9. The molecule has 93 heavy (non-hydrogen) atoms. The standard InChI is InChI=1S/C42H24N2O2.C30H18N2O.C12H7BrO/c1-2-10-25(11-3-1)43-33-15-7-4-13-30(33)39-35(43)21-19-28-29-20-22-36-40(42(29)46-41(28)39)31-14-5-8-16-34(31)44(36)26-18-23-38-32(24-26)27-12-6-9-17-37(27)45-38;1-2-8-18(9-3-1)32-25-13-7-5-11-22(25)28-26(32)17-15-20-19-14-16-24-27(29(19)33-30(20)28)21-10-4-6-12-23(21)31-24;13-8-5-6-12-10(7-8)9-3-1-2-4-11(9)14-12/h1-24H;1-17,31H;1-7H. The Morgan fingerprint density at radius 1 is 0.226 bits per heavy atom. The third kappa shape index (κ3) is 7.66. The molecule has 0 saturated heterocycles. The number of hydrogen-bond acceptors (Lipinski definition) is 4. The van der Waals surface area contributed by atoms with Crippen LogP contribution in [0.1, 0.15) is 0 Å². The number of rotatable bonds is 3. The average molecular weight is 1260 g/mol. The Hall–Kier alpha value is -12.0. The van der Waals surface area contributed by atoms with E-state index in [-0.39, 0.29) is 0 Å². The summed E-state index contributed by atoms with van der Waals surface area (Å²) < 4.78 is 33.8. The van der Waals surface area contributed by atoms with Gasteiger partial charge in [-0.15, -0.1) is 0 Å². The fourth-order valence-electron chi connectivity index (χ4n) is 15.0. The molecule has 8 aromatic heterocycles. The Morgan fingerprint density at radius 2 is 0.602 bits per heavy atom. The number of benzene rings is 14. The van der Waals surface area contributed by atoms with Crippen LogP contribution in [0.15, 0.2) is 313 Å². The molecule has 0 bridgehead atoms. The number of aromatic nitrogens is 4. The fraction of sp³-hybridized carbons (Fsp3) is 0. The molecule has 436 valence electrons. The van der Waals surface area contributed by atoms with Crippen molar-refractivity contribution in [1.82, 2.24) is 18.7 Å². The summed E-state index contributed by atoms with van der Waals surface area (Å²) in [7, 11) is 0. The van der Waals surface area contributed by atoms with E-state index in [2.05, 4.69) is 283 Å². The highest BCUT2D eigenvalue weighted by Gasteiger charge is 2.25. The number of fused-ring (bicyclic) bond motifs is 28. The van der Waals surface area contributed by atoms with Crippen LogP contribution in [0.3, 0.4) is 0 Å². The molecule has 8 nitrogen and oxygen atoms in total. The smallest absolute Gasteiger partial charge is 0.145 e. The van der Waals surface area contributed by atoms with Gasteiger partial charge in [-0.3, -0.25) is 0 Å². The Kier molecular flexibility index (Phi) is 11.1. The van der Waals surface area contributed by atoms with Gasteiger partial charge in [-0.1, -0.05) is 162 Å². The fourth-order valence-corrected chi connectivity index (χ4v) is 15.4. The summed E-state index contributed by atoms with van der Waals surface area (Å²) in [5.41, 5.74) is 19.9. The number of nitrogens with zero attached hydrogens (tertiary/aromatic N) is 3. The van der Waals surface area contributed by atoms with E-state index in [0.717, 1.165) is 159 Å². The quantitative estimate of drug-likeness (QED) is 0.191. The molecule has 14 aromatic carbocycles. The van der Waals surface area contributed by atoms with Gasteiger partial charge in [0.15, 0.2) is 0 Å². The zero-order chi connectivity index (χ0) is 61.0. The van der Waals surface area contributed by atoms with Crippen LogP contribution in [0.2, 0.25) is 0 Å². The SMILES string of the molecule is Brc1ccc2oc3ccccc3c2c1.c1ccc(-n2c3ccccc3c3c4oc5c(ccc6[nH]c7ccccc7c65)c4ccc32)cc1.c1ccc(-n2c3ccccc3c3c4oc5c(ccc6c5c5ccccc5n6-c5ccc6oc7ccccc7c6c5)c4ccc32)cc1. The van der Waals surface area contributed by atoms with Crippen molar-refractivity contribution in [3.63, 3.8) is 0 Å². The number of furan rings is 4. The molecule has 0 amide bonds. The van der Waals surface area contributed by atoms with E-state index in [0.29, 0.717) is 0 Å². The van der Waals surface area contributed by atoms with Crippen molar-refractivity contribution in [2.24, 2.45) is 0 Å². The third-order valence-electron chi connectivity index (χ3n) is 19.0. The Labute approximate surface area is 536 Å². The van der Waals surface area contributed by atoms with E-state index >= 15 is 0 Å². The predicted molar refractivity (Wildman–Crippen MR) is 389 cm³/mol. The largest absolute Gasteiger partial charge is 0.456 e. The topological polar surface area (TPSA) is 83.1 Å². The Balaban J connectivity index is 0.000000110. The van der Waals surface area contributed by atoms with Crippen LogP contribution in [0.4, 0.5) is 0 Å². The highest BCUT2D eigenvalue weighted by molar-refractivity contribution is 9.10. The second-order valence-corrected chi connectivity index (χ2v) is 24.9. The number of halogens is 1. The lowest BCUT2D eigenvalue weighted by Crippen LogP contribution is -1.93. The van der Waals surface area contributed by atoms with Crippen LogP contribution in [0.25, 0.3) is 192 Å². The first-order valence-electron chi connectivity index (χ1n) is 31.2. The minimum Gasteiger partial charge on any atom is -0.456 e. The maximum Gasteiger partial charge on any atom is 0.145 e. The molecule has 1 N–H and O–H groups in total. The van der Waals surface area contributed by atoms with Crippen LogP contribution < -0.4 is 0 Å². The Morgan fingerprint density at radius 3 is 1.11 bits per heavy atom. The molecule has 0 unspecified atom stereocenters. The van der Waals surface area contributed by atoms with Gasteiger partial charge in [0.05, 0.1) is 60.2 Å². The van der Waals surface area contributed by atoms with E-state index in [1.54, 1.807) is 0 Å². The number of nitrogens with one attached hydrogen (secondary N) is 1. The summed E-state index contributed by atoms with van der Waals surface area (Å²) in [6.45, 7) is 0. The van der Waals surface area contributed by atoms with E-state index in [1.165, 1.54) is 38.0 Å². The molecule has 0 aliphatic carbocycles. The average Bonchev–Trinajstić information content (AvgIpc) is 1.56. The van der Waals surface area contributed by atoms with E-state index in [9.17, 15) is 0 Å². The first-order chi connectivity index (χ1) is 46.1. The van der Waals surface area contributed by atoms with Crippen LogP contribution in [0.5, 0.6) is 0 Å². The highest BCUT2D eigenvalue weighted by Crippen LogP contribution is 2.47. The predicted octanol–water partition coefficient (Wildman–Crippen LogP) is 24.3. The van der Waals surface area contributed by atoms with Crippen molar-refractivity contribution in [1.29, 1.82) is 0 Å². The number of hydrogen-bond donors (Lipinski definition) is 1. The molecule has 9 heteroatoms. The van der Waals surface area contributed by atoms with E-state index in [1.807, 2.05) is 42.5 Å². The molecule has 0 saturated carbocycles. The zero-order valence-electron chi connectivity index (χ0n) is 49.6. The summed E-state index contributed by atoms with van der Waals surface area (Å²) in [5.74, 6) is 0. The summed E-state index contributed by atoms with van der Waals surface area (Å²) in [6, 6.07) is 102. The molecule has 0 aliphatic heterocycles. The second-order valence-electron chi connectivity index (χ2n) is 24.0. The van der Waals surface area contributed by atoms with Gasteiger partial charge in [0, 0.05) is 91.7 Å². The van der Waals surface area contributed by atoms with Crippen molar-refractivity contribution >= 4 is 191 Å². The first-order valence-corrected chi connectivity index (χ1v) is 32.0. The number of H-pyrrole nitrogens is 1. The van der Waals surface area contributed by atoms with Gasteiger partial charge in [0.25, 0.3) is 0 Å². The van der Waals surface area contributed by atoms with Crippen molar-refractivity contribution in [2.45, 2.75) is 0 Å². The lowest BCUT2D eigenvalue weighted by Gasteiger charge is -2.08. The molecule has 0 fully saturated rings. The molecular weight excluding hydrogens is 1210 g/mol. The van der Waals surface area contributed by atoms with Gasteiger partial charge >= 0.3 is 0 Å². The van der Waals surface area contributed by atoms with Crippen molar-refractivity contribution in [3.05, 3.63) is 296 Å². The lowest BCUT2D eigenvalue weighted by atomic mass is 10.1. The molecule has 22 aromatic rings. The van der Waals surface area contributed by atoms with Gasteiger partial charge < -0.3 is 36.4 Å². The maximum absolute atomic E-state index is 7.07.